The van der Waals surface area contributed by atoms with Gasteiger partial charge in [-0.2, -0.15) is 0 Å². The Morgan fingerprint density at radius 2 is 2.00 bits per heavy atom. The number of aliphatic hydroxyl groups is 1. The average molecular weight is 272 g/mol. The Labute approximate surface area is 113 Å². The molecule has 0 saturated heterocycles. The monoisotopic (exact) mass is 271 g/mol. The minimum atomic E-state index is 0. The second kappa shape index (κ2) is 6.94. The first-order valence-corrected chi connectivity index (χ1v) is 6.52. The maximum Gasteiger partial charge on any atom is 0.0684 e. The Hall–Kier alpha value is -0.640. The van der Waals surface area contributed by atoms with E-state index in [1.54, 1.807) is 0 Å². The summed E-state index contributed by atoms with van der Waals surface area (Å²) in [5.74, 6) is 1.01. The van der Waals surface area contributed by atoms with Gasteiger partial charge in [-0.3, -0.25) is 0 Å². The molecule has 0 aliphatic carbocycles. The first-order chi connectivity index (χ1) is 7.81. The molecular formula is C13H18ClNOS. The lowest BCUT2D eigenvalue weighted by Gasteiger charge is -2.19. The van der Waals surface area contributed by atoms with Crippen molar-refractivity contribution in [1.82, 2.24) is 4.90 Å². The zero-order chi connectivity index (χ0) is 11.4. The highest BCUT2D eigenvalue weighted by atomic mass is 35.5. The third-order valence-corrected chi connectivity index (χ3v) is 4.12. The molecule has 1 aromatic rings. The van der Waals surface area contributed by atoms with E-state index in [1.807, 2.05) is 17.8 Å². The molecule has 94 valence electrons. The minimum absolute atomic E-state index is 0. The maximum absolute atomic E-state index is 8.95. The van der Waals surface area contributed by atoms with E-state index in [2.05, 4.69) is 36.1 Å². The van der Waals surface area contributed by atoms with Gasteiger partial charge in [-0.1, -0.05) is 30.3 Å². The zero-order valence-corrected chi connectivity index (χ0v) is 11.6. The fourth-order valence-corrected chi connectivity index (χ4v) is 3.03. The minimum Gasteiger partial charge on any atom is -0.396 e. The van der Waals surface area contributed by atoms with Gasteiger partial charge in [0.25, 0.3) is 0 Å². The smallest absolute Gasteiger partial charge is 0.0684 e. The second-order valence-electron chi connectivity index (χ2n) is 3.94. The van der Waals surface area contributed by atoms with Crippen molar-refractivity contribution >= 4 is 24.2 Å². The Kier molecular flexibility index (Phi) is 5.89. The van der Waals surface area contributed by atoms with Crippen molar-refractivity contribution in [2.75, 3.05) is 12.5 Å². The molecule has 1 aliphatic heterocycles. The molecule has 0 spiro atoms. The molecule has 1 aromatic carbocycles. The highest BCUT2D eigenvalue weighted by Crippen LogP contribution is 2.34. The summed E-state index contributed by atoms with van der Waals surface area (Å²) in [6.45, 7) is 3.36. The SMILES string of the molecule is CC1=C(CCO)SCN1Cc1ccccc1.Cl. The van der Waals surface area contributed by atoms with Crippen LogP contribution in [-0.4, -0.2) is 22.5 Å². The molecule has 0 amide bonds. The molecule has 1 N–H and O–H groups in total. The van der Waals surface area contributed by atoms with E-state index >= 15 is 0 Å². The lowest BCUT2D eigenvalue weighted by atomic mass is 10.2. The first-order valence-electron chi connectivity index (χ1n) is 5.53. The third-order valence-electron chi connectivity index (χ3n) is 2.83. The normalized spacial score (nSPS) is 15.1. The van der Waals surface area contributed by atoms with Crippen LogP contribution < -0.4 is 0 Å². The molecule has 0 fully saturated rings. The van der Waals surface area contributed by atoms with Crippen molar-refractivity contribution in [3.8, 4) is 0 Å². The number of rotatable bonds is 4. The van der Waals surface area contributed by atoms with Crippen LogP contribution in [-0.2, 0) is 6.54 Å². The van der Waals surface area contributed by atoms with Crippen LogP contribution in [0.3, 0.4) is 0 Å². The molecule has 2 nitrogen and oxygen atoms in total. The van der Waals surface area contributed by atoms with Gasteiger partial charge in [0.1, 0.15) is 0 Å². The van der Waals surface area contributed by atoms with Gasteiger partial charge < -0.3 is 10.0 Å². The van der Waals surface area contributed by atoms with Gasteiger partial charge in [0.05, 0.1) is 5.88 Å². The van der Waals surface area contributed by atoms with Gasteiger partial charge in [-0.15, -0.1) is 24.2 Å². The number of hydrogen-bond donors (Lipinski definition) is 1. The van der Waals surface area contributed by atoms with Gasteiger partial charge in [0.2, 0.25) is 0 Å². The predicted molar refractivity (Wildman–Crippen MR) is 76.1 cm³/mol. The number of aliphatic hydroxyl groups excluding tert-OH is 1. The molecule has 0 radical (unpaired) electrons. The number of allylic oxidation sites excluding steroid dienone is 1. The summed E-state index contributed by atoms with van der Waals surface area (Å²) in [4.78, 5) is 3.70. The molecule has 0 unspecified atom stereocenters. The lowest BCUT2D eigenvalue weighted by Crippen LogP contribution is -2.16. The molecule has 0 bridgehead atoms. The second-order valence-corrected chi connectivity index (χ2v) is 4.98. The quantitative estimate of drug-likeness (QED) is 0.910. The van der Waals surface area contributed by atoms with E-state index in [4.69, 9.17) is 5.11 Å². The first kappa shape index (κ1) is 14.4. The number of benzene rings is 1. The van der Waals surface area contributed by atoms with Crippen LogP contribution in [0.15, 0.2) is 40.9 Å². The topological polar surface area (TPSA) is 23.5 Å². The van der Waals surface area contributed by atoms with Gasteiger partial charge >= 0.3 is 0 Å². The van der Waals surface area contributed by atoms with E-state index in [0.717, 1.165) is 18.8 Å². The molecular weight excluding hydrogens is 254 g/mol. The van der Waals surface area contributed by atoms with E-state index < -0.39 is 0 Å². The van der Waals surface area contributed by atoms with Crippen LogP contribution in [0.4, 0.5) is 0 Å². The van der Waals surface area contributed by atoms with Crippen molar-refractivity contribution in [1.29, 1.82) is 0 Å². The maximum atomic E-state index is 8.95. The van der Waals surface area contributed by atoms with Crippen LogP contribution in [0.2, 0.25) is 0 Å². The number of nitrogens with zero attached hydrogens (tertiary/aromatic N) is 1. The lowest BCUT2D eigenvalue weighted by molar-refractivity contribution is 0.300. The van der Waals surface area contributed by atoms with Crippen LogP contribution >= 0.6 is 24.2 Å². The summed E-state index contributed by atoms with van der Waals surface area (Å²) >= 11 is 1.85. The van der Waals surface area contributed by atoms with E-state index in [0.29, 0.717) is 0 Å². The Morgan fingerprint density at radius 1 is 1.29 bits per heavy atom. The summed E-state index contributed by atoms with van der Waals surface area (Å²) in [5, 5.41) is 8.95. The van der Waals surface area contributed by atoms with Crippen molar-refractivity contribution in [3.63, 3.8) is 0 Å². The molecule has 0 atom stereocenters. The van der Waals surface area contributed by atoms with Crippen LogP contribution in [0.1, 0.15) is 18.9 Å². The molecule has 4 heteroatoms. The van der Waals surface area contributed by atoms with E-state index in [1.165, 1.54) is 16.2 Å². The molecule has 1 heterocycles. The Balaban J connectivity index is 0.00000144. The third kappa shape index (κ3) is 3.66. The van der Waals surface area contributed by atoms with Crippen LogP contribution in [0.25, 0.3) is 0 Å². The van der Waals surface area contributed by atoms with E-state index in [9.17, 15) is 0 Å². The molecule has 0 saturated carbocycles. The highest BCUT2D eigenvalue weighted by molar-refractivity contribution is 8.03. The summed E-state index contributed by atoms with van der Waals surface area (Å²) in [7, 11) is 0. The van der Waals surface area contributed by atoms with Crippen LogP contribution in [0, 0.1) is 0 Å². The number of hydrogen-bond acceptors (Lipinski definition) is 3. The fourth-order valence-electron chi connectivity index (χ4n) is 1.86. The van der Waals surface area contributed by atoms with Gasteiger partial charge in [0, 0.05) is 30.2 Å². The molecule has 1 aliphatic rings. The number of halogens is 1. The van der Waals surface area contributed by atoms with Crippen molar-refractivity contribution in [2.45, 2.75) is 19.9 Å². The van der Waals surface area contributed by atoms with Crippen LogP contribution in [0.5, 0.6) is 0 Å². The van der Waals surface area contributed by atoms with Gasteiger partial charge in [-0.25, -0.2) is 0 Å². The largest absolute Gasteiger partial charge is 0.396 e. The summed E-state index contributed by atoms with van der Waals surface area (Å²) in [6.07, 6.45) is 0.793. The Bertz CT molecular complexity index is 380. The van der Waals surface area contributed by atoms with Crippen molar-refractivity contribution in [3.05, 3.63) is 46.5 Å². The van der Waals surface area contributed by atoms with Crippen molar-refractivity contribution < 1.29 is 5.11 Å². The number of thioether (sulfide) groups is 1. The highest BCUT2D eigenvalue weighted by Gasteiger charge is 2.18. The van der Waals surface area contributed by atoms with Crippen molar-refractivity contribution in [2.24, 2.45) is 0 Å². The predicted octanol–water partition coefficient (Wildman–Crippen LogP) is 3.23. The zero-order valence-electron chi connectivity index (χ0n) is 9.93. The molecule has 17 heavy (non-hydrogen) atoms. The average Bonchev–Trinajstić information content (AvgIpc) is 2.64. The van der Waals surface area contributed by atoms with Gasteiger partial charge in [0.15, 0.2) is 0 Å². The Morgan fingerprint density at radius 3 is 2.65 bits per heavy atom. The standard InChI is InChI=1S/C13H17NOS.ClH/c1-11-13(7-8-15)16-10-14(11)9-12-5-3-2-4-6-12;/h2-6,15H,7-10H2,1H3;1H. The molecule has 0 aromatic heterocycles. The summed E-state index contributed by atoms with van der Waals surface area (Å²) < 4.78 is 0. The summed E-state index contributed by atoms with van der Waals surface area (Å²) in [5.41, 5.74) is 2.66. The van der Waals surface area contributed by atoms with E-state index in [-0.39, 0.29) is 19.0 Å². The van der Waals surface area contributed by atoms with Gasteiger partial charge in [-0.05, 0) is 12.5 Å². The summed E-state index contributed by atoms with van der Waals surface area (Å²) in [6, 6.07) is 10.5. The fraction of sp³-hybridized carbons (Fsp3) is 0.385. The molecule has 2 rings (SSSR count).